The predicted octanol–water partition coefficient (Wildman–Crippen LogP) is 3.16. The Hall–Kier alpha value is -1.22. The molecule has 0 heterocycles. The van der Waals surface area contributed by atoms with Crippen molar-refractivity contribution < 1.29 is 9.90 Å². The van der Waals surface area contributed by atoms with E-state index in [4.69, 9.17) is 5.11 Å². The fraction of sp³-hybridized carbons (Fsp3) is 0.182. The third-order valence-electron chi connectivity index (χ3n) is 1.74. The molecule has 0 radical (unpaired) electrons. The van der Waals surface area contributed by atoms with Crippen LogP contribution in [-0.4, -0.2) is 11.1 Å². The number of hydrogen-bond donors (Lipinski definition) is 1. The van der Waals surface area contributed by atoms with Gasteiger partial charge in [0.05, 0.1) is 0 Å². The van der Waals surface area contributed by atoms with E-state index >= 15 is 0 Å². The van der Waals surface area contributed by atoms with E-state index in [1.165, 1.54) is 11.8 Å². The van der Waals surface area contributed by atoms with Crippen LogP contribution in [0.3, 0.4) is 0 Å². The van der Waals surface area contributed by atoms with Gasteiger partial charge in [-0.25, -0.2) is 4.79 Å². The Bertz CT molecular complexity index is 330. The second kappa shape index (κ2) is 5.50. The topological polar surface area (TPSA) is 37.3 Å². The summed E-state index contributed by atoms with van der Waals surface area (Å²) in [7, 11) is 0. The molecule has 1 N–H and O–H groups in total. The van der Waals surface area contributed by atoms with E-state index in [1.54, 1.807) is 5.41 Å². The molecule has 14 heavy (non-hydrogen) atoms. The van der Waals surface area contributed by atoms with Crippen molar-refractivity contribution >= 4 is 17.7 Å². The van der Waals surface area contributed by atoms with Crippen LogP contribution in [0.5, 0.6) is 0 Å². The second-order valence-electron chi connectivity index (χ2n) is 2.73. The summed E-state index contributed by atoms with van der Waals surface area (Å²) in [5.41, 5.74) is 0.443. The molecule has 2 nitrogen and oxygen atoms in total. The molecule has 0 saturated heterocycles. The van der Waals surface area contributed by atoms with Gasteiger partial charge < -0.3 is 5.11 Å². The molecule has 3 heteroatoms. The van der Waals surface area contributed by atoms with E-state index in [0.29, 0.717) is 12.0 Å². The molecule has 0 aromatic heterocycles. The van der Waals surface area contributed by atoms with Crippen molar-refractivity contribution in [1.82, 2.24) is 0 Å². The van der Waals surface area contributed by atoms with Crippen molar-refractivity contribution in [3.63, 3.8) is 0 Å². The highest BCUT2D eigenvalue weighted by molar-refractivity contribution is 8.02. The van der Waals surface area contributed by atoms with Gasteiger partial charge in [0.25, 0.3) is 0 Å². The minimum absolute atomic E-state index is 0.443. The lowest BCUT2D eigenvalue weighted by Gasteiger charge is -1.98. The summed E-state index contributed by atoms with van der Waals surface area (Å²) in [6, 6.07) is 9.71. The van der Waals surface area contributed by atoms with Crippen LogP contribution in [0, 0.1) is 0 Å². The maximum atomic E-state index is 10.7. The predicted molar refractivity (Wildman–Crippen MR) is 58.3 cm³/mol. The molecule has 0 saturated carbocycles. The van der Waals surface area contributed by atoms with Crippen LogP contribution < -0.4 is 0 Å². The van der Waals surface area contributed by atoms with E-state index in [2.05, 4.69) is 0 Å². The van der Waals surface area contributed by atoms with Gasteiger partial charge in [0.2, 0.25) is 0 Å². The molecule has 1 aromatic carbocycles. The second-order valence-corrected chi connectivity index (χ2v) is 3.68. The van der Waals surface area contributed by atoms with E-state index in [1.807, 2.05) is 37.3 Å². The number of hydrogen-bond acceptors (Lipinski definition) is 2. The zero-order chi connectivity index (χ0) is 10.4. The van der Waals surface area contributed by atoms with Gasteiger partial charge in [-0.2, -0.15) is 0 Å². The van der Waals surface area contributed by atoms with Crippen LogP contribution >= 0.6 is 11.8 Å². The fourth-order valence-electron chi connectivity index (χ4n) is 0.923. The molecule has 0 unspecified atom stereocenters. The lowest BCUT2D eigenvalue weighted by atomic mass is 10.2. The minimum atomic E-state index is -0.837. The van der Waals surface area contributed by atoms with Gasteiger partial charge >= 0.3 is 5.97 Å². The molecule has 1 aromatic rings. The third-order valence-corrected chi connectivity index (χ3v) is 2.68. The standard InChI is InChI=1S/C11H12O2S/c1-2-9(11(12)13)8-14-10-6-4-3-5-7-10/h3-8H,2H2,1H3,(H,12,13)/b9-8-. The van der Waals surface area contributed by atoms with Crippen LogP contribution in [0.1, 0.15) is 13.3 Å². The first-order valence-electron chi connectivity index (χ1n) is 4.38. The van der Waals surface area contributed by atoms with E-state index < -0.39 is 5.97 Å². The molecule has 74 valence electrons. The number of aliphatic carboxylic acids is 1. The Morgan fingerprint density at radius 1 is 1.43 bits per heavy atom. The van der Waals surface area contributed by atoms with Crippen LogP contribution in [0.4, 0.5) is 0 Å². The summed E-state index contributed by atoms with van der Waals surface area (Å²) in [6.07, 6.45) is 0.551. The molecule has 0 amide bonds. The maximum absolute atomic E-state index is 10.7. The average Bonchev–Trinajstić information content (AvgIpc) is 2.20. The Kier molecular flexibility index (Phi) is 4.26. The number of thioether (sulfide) groups is 1. The summed E-state index contributed by atoms with van der Waals surface area (Å²) in [5, 5.41) is 10.5. The van der Waals surface area contributed by atoms with E-state index in [-0.39, 0.29) is 0 Å². The smallest absolute Gasteiger partial charge is 0.332 e. The highest BCUT2D eigenvalue weighted by atomic mass is 32.2. The third kappa shape index (κ3) is 3.26. The number of carbonyl (C=O) groups is 1. The number of benzene rings is 1. The number of rotatable bonds is 4. The van der Waals surface area contributed by atoms with Crippen molar-refractivity contribution in [2.24, 2.45) is 0 Å². The van der Waals surface area contributed by atoms with Crippen LogP contribution in [0.15, 0.2) is 46.2 Å². The molecule has 0 aliphatic rings. The van der Waals surface area contributed by atoms with Crippen molar-refractivity contribution in [2.45, 2.75) is 18.2 Å². The van der Waals surface area contributed by atoms with Crippen LogP contribution in [-0.2, 0) is 4.79 Å². The van der Waals surface area contributed by atoms with Gasteiger partial charge in [-0.1, -0.05) is 36.9 Å². The van der Waals surface area contributed by atoms with Crippen LogP contribution in [0.25, 0.3) is 0 Å². The normalized spacial score (nSPS) is 11.4. The number of carboxylic acids is 1. The highest BCUT2D eigenvalue weighted by Gasteiger charge is 2.03. The summed E-state index contributed by atoms with van der Waals surface area (Å²) < 4.78 is 0. The number of carboxylic acid groups (broad SMARTS) is 1. The summed E-state index contributed by atoms with van der Waals surface area (Å²) in [6.45, 7) is 1.84. The summed E-state index contributed by atoms with van der Waals surface area (Å²) in [4.78, 5) is 11.7. The Morgan fingerprint density at radius 3 is 2.57 bits per heavy atom. The molecule has 1 rings (SSSR count). The van der Waals surface area contributed by atoms with Crippen molar-refractivity contribution in [2.75, 3.05) is 0 Å². The van der Waals surface area contributed by atoms with Gasteiger partial charge in [0, 0.05) is 10.5 Å². The van der Waals surface area contributed by atoms with Crippen molar-refractivity contribution in [3.8, 4) is 0 Å². The first-order chi connectivity index (χ1) is 6.74. The first kappa shape index (κ1) is 10.9. The van der Waals surface area contributed by atoms with Gasteiger partial charge in [-0.05, 0) is 24.0 Å². The molecular formula is C11H12O2S. The van der Waals surface area contributed by atoms with Gasteiger partial charge in [0.1, 0.15) is 0 Å². The quantitative estimate of drug-likeness (QED) is 0.610. The van der Waals surface area contributed by atoms with Gasteiger partial charge in [-0.15, -0.1) is 0 Å². The molecule has 0 fully saturated rings. The van der Waals surface area contributed by atoms with E-state index in [0.717, 1.165) is 4.90 Å². The van der Waals surface area contributed by atoms with E-state index in [9.17, 15) is 4.79 Å². The lowest BCUT2D eigenvalue weighted by Crippen LogP contribution is -1.97. The largest absolute Gasteiger partial charge is 0.478 e. The van der Waals surface area contributed by atoms with Crippen molar-refractivity contribution in [3.05, 3.63) is 41.3 Å². The fourth-order valence-corrected chi connectivity index (χ4v) is 1.78. The van der Waals surface area contributed by atoms with Crippen molar-refractivity contribution in [1.29, 1.82) is 0 Å². The zero-order valence-electron chi connectivity index (χ0n) is 7.93. The Balaban J connectivity index is 2.66. The van der Waals surface area contributed by atoms with Crippen LogP contribution in [0.2, 0.25) is 0 Å². The Labute approximate surface area is 87.6 Å². The summed E-state index contributed by atoms with van der Waals surface area (Å²) >= 11 is 1.44. The molecular weight excluding hydrogens is 196 g/mol. The molecule has 0 bridgehead atoms. The first-order valence-corrected chi connectivity index (χ1v) is 5.26. The SMILES string of the molecule is CC/C(=C/Sc1ccccc1)C(=O)O. The Morgan fingerprint density at radius 2 is 2.07 bits per heavy atom. The minimum Gasteiger partial charge on any atom is -0.478 e. The lowest BCUT2D eigenvalue weighted by molar-refractivity contribution is -0.132. The monoisotopic (exact) mass is 208 g/mol. The highest BCUT2D eigenvalue weighted by Crippen LogP contribution is 2.20. The molecule has 0 atom stereocenters. The average molecular weight is 208 g/mol. The molecule has 0 aliphatic carbocycles. The summed E-state index contributed by atoms with van der Waals surface area (Å²) in [5.74, 6) is -0.837. The maximum Gasteiger partial charge on any atom is 0.332 e. The molecule has 0 spiro atoms. The zero-order valence-corrected chi connectivity index (χ0v) is 8.75. The molecule has 0 aliphatic heterocycles. The van der Waals surface area contributed by atoms with Gasteiger partial charge in [0.15, 0.2) is 0 Å². The van der Waals surface area contributed by atoms with Gasteiger partial charge in [-0.3, -0.25) is 0 Å².